The molecule has 0 spiro atoms. The van der Waals surface area contributed by atoms with Crippen molar-refractivity contribution in [3.05, 3.63) is 28.0 Å². The number of rotatable bonds is 5. The minimum absolute atomic E-state index is 0.0376. The molecule has 0 aromatic heterocycles. The van der Waals surface area contributed by atoms with Gasteiger partial charge in [-0.15, -0.1) is 0 Å². The standard InChI is InChI=1S/C14H19BrFN3O3S/c1-2-23(21,22)18-10-3-5-19(6-4-10)12-8-9(15)7-11(16)13(12)14(17)20/h7-8,10,18H,2-6H2,1H3,(H2,17,20). The zero-order chi connectivity index (χ0) is 17.2. The SMILES string of the molecule is CCS(=O)(=O)NC1CCN(c2cc(Br)cc(F)c2C(N)=O)CC1. The monoisotopic (exact) mass is 407 g/mol. The summed E-state index contributed by atoms with van der Waals surface area (Å²) in [5.41, 5.74) is 5.58. The fourth-order valence-electron chi connectivity index (χ4n) is 2.63. The molecular weight excluding hydrogens is 389 g/mol. The highest BCUT2D eigenvalue weighted by Gasteiger charge is 2.26. The van der Waals surface area contributed by atoms with Crippen molar-refractivity contribution in [2.24, 2.45) is 5.73 Å². The van der Waals surface area contributed by atoms with Gasteiger partial charge in [0.15, 0.2) is 0 Å². The van der Waals surface area contributed by atoms with Gasteiger partial charge in [0, 0.05) is 23.6 Å². The van der Waals surface area contributed by atoms with Crippen LogP contribution in [0.4, 0.5) is 10.1 Å². The van der Waals surface area contributed by atoms with E-state index in [2.05, 4.69) is 20.7 Å². The molecule has 1 saturated heterocycles. The van der Waals surface area contributed by atoms with Crippen LogP contribution in [0.25, 0.3) is 0 Å². The van der Waals surface area contributed by atoms with Crippen molar-refractivity contribution in [2.45, 2.75) is 25.8 Å². The van der Waals surface area contributed by atoms with E-state index >= 15 is 0 Å². The Bertz CT molecular complexity index is 703. The largest absolute Gasteiger partial charge is 0.371 e. The van der Waals surface area contributed by atoms with Gasteiger partial charge in [0.05, 0.1) is 17.0 Å². The summed E-state index contributed by atoms with van der Waals surface area (Å²) in [5.74, 6) is -1.45. The summed E-state index contributed by atoms with van der Waals surface area (Å²) in [6.45, 7) is 2.60. The zero-order valence-electron chi connectivity index (χ0n) is 12.7. The lowest BCUT2D eigenvalue weighted by Crippen LogP contribution is -2.45. The van der Waals surface area contributed by atoms with Crippen LogP contribution in [0.15, 0.2) is 16.6 Å². The second kappa shape index (κ2) is 7.14. The van der Waals surface area contributed by atoms with Gasteiger partial charge in [0.1, 0.15) is 5.82 Å². The molecule has 2 rings (SSSR count). The first-order valence-electron chi connectivity index (χ1n) is 7.27. The number of carbonyl (C=O) groups is 1. The number of anilines is 1. The van der Waals surface area contributed by atoms with Crippen LogP contribution in [-0.4, -0.2) is 39.2 Å². The minimum Gasteiger partial charge on any atom is -0.371 e. The van der Waals surface area contributed by atoms with Gasteiger partial charge < -0.3 is 10.6 Å². The van der Waals surface area contributed by atoms with Gasteiger partial charge in [0.25, 0.3) is 5.91 Å². The Labute approximate surface area is 143 Å². The van der Waals surface area contributed by atoms with E-state index in [1.165, 1.54) is 6.07 Å². The number of carbonyl (C=O) groups excluding carboxylic acids is 1. The summed E-state index contributed by atoms with van der Waals surface area (Å²) >= 11 is 3.21. The lowest BCUT2D eigenvalue weighted by molar-refractivity contribution is 0.0997. The number of nitrogens with zero attached hydrogens (tertiary/aromatic N) is 1. The molecule has 128 valence electrons. The smallest absolute Gasteiger partial charge is 0.253 e. The molecule has 0 atom stereocenters. The van der Waals surface area contributed by atoms with Crippen LogP contribution in [0.3, 0.4) is 0 Å². The van der Waals surface area contributed by atoms with Crippen LogP contribution in [0.1, 0.15) is 30.1 Å². The number of sulfonamides is 1. The number of primary amides is 1. The fraction of sp³-hybridized carbons (Fsp3) is 0.500. The van der Waals surface area contributed by atoms with Gasteiger partial charge in [0.2, 0.25) is 10.0 Å². The molecule has 9 heteroatoms. The van der Waals surface area contributed by atoms with E-state index in [4.69, 9.17) is 5.73 Å². The molecular formula is C14H19BrFN3O3S. The number of nitrogens with two attached hydrogens (primary N) is 1. The Balaban J connectivity index is 2.16. The molecule has 1 fully saturated rings. The molecule has 1 aliphatic rings. The molecule has 0 aliphatic carbocycles. The molecule has 0 bridgehead atoms. The van der Waals surface area contributed by atoms with Crippen LogP contribution in [0.2, 0.25) is 0 Å². The van der Waals surface area contributed by atoms with Crippen molar-refractivity contribution in [3.8, 4) is 0 Å². The van der Waals surface area contributed by atoms with Crippen molar-refractivity contribution >= 4 is 37.5 Å². The molecule has 1 aromatic carbocycles. The van der Waals surface area contributed by atoms with Crippen LogP contribution in [0, 0.1) is 5.82 Å². The molecule has 0 radical (unpaired) electrons. The van der Waals surface area contributed by atoms with E-state index in [0.29, 0.717) is 36.1 Å². The van der Waals surface area contributed by atoms with Crippen LogP contribution >= 0.6 is 15.9 Å². The summed E-state index contributed by atoms with van der Waals surface area (Å²) in [6.07, 6.45) is 1.15. The Morgan fingerprint density at radius 1 is 1.43 bits per heavy atom. The first-order chi connectivity index (χ1) is 10.7. The number of hydrogen-bond acceptors (Lipinski definition) is 4. The van der Waals surface area contributed by atoms with Gasteiger partial charge in [-0.25, -0.2) is 17.5 Å². The maximum absolute atomic E-state index is 14.0. The predicted molar refractivity (Wildman–Crippen MR) is 90.4 cm³/mol. The number of benzene rings is 1. The average Bonchev–Trinajstić information content (AvgIpc) is 2.46. The lowest BCUT2D eigenvalue weighted by Gasteiger charge is -2.34. The fourth-order valence-corrected chi connectivity index (χ4v) is 3.96. The van der Waals surface area contributed by atoms with E-state index in [-0.39, 0.29) is 17.4 Å². The second-order valence-electron chi connectivity index (χ2n) is 5.43. The third kappa shape index (κ3) is 4.42. The maximum Gasteiger partial charge on any atom is 0.253 e. The second-order valence-corrected chi connectivity index (χ2v) is 8.39. The molecule has 3 N–H and O–H groups in total. The summed E-state index contributed by atoms with van der Waals surface area (Å²) < 4.78 is 40.4. The Morgan fingerprint density at radius 3 is 2.57 bits per heavy atom. The molecule has 1 amide bonds. The normalized spacial score (nSPS) is 16.6. The minimum atomic E-state index is -3.25. The van der Waals surface area contributed by atoms with Gasteiger partial charge in [-0.05, 0) is 31.9 Å². The van der Waals surface area contributed by atoms with Gasteiger partial charge >= 0.3 is 0 Å². The number of amides is 1. The van der Waals surface area contributed by atoms with Crippen LogP contribution < -0.4 is 15.4 Å². The van der Waals surface area contributed by atoms with Crippen molar-refractivity contribution in [2.75, 3.05) is 23.7 Å². The van der Waals surface area contributed by atoms with E-state index < -0.39 is 21.7 Å². The summed E-state index contributed by atoms with van der Waals surface area (Å²) in [5, 5.41) is 0. The van der Waals surface area contributed by atoms with E-state index in [1.54, 1.807) is 13.0 Å². The highest BCUT2D eigenvalue weighted by atomic mass is 79.9. The highest BCUT2D eigenvalue weighted by Crippen LogP contribution is 2.30. The third-order valence-corrected chi connectivity index (χ3v) is 5.75. The van der Waals surface area contributed by atoms with E-state index in [9.17, 15) is 17.6 Å². The van der Waals surface area contributed by atoms with Crippen molar-refractivity contribution in [1.82, 2.24) is 4.72 Å². The molecule has 0 unspecified atom stereocenters. The van der Waals surface area contributed by atoms with Crippen molar-refractivity contribution < 1.29 is 17.6 Å². The first-order valence-corrected chi connectivity index (χ1v) is 9.72. The molecule has 0 saturated carbocycles. The van der Waals surface area contributed by atoms with Crippen LogP contribution in [0.5, 0.6) is 0 Å². The summed E-state index contributed by atoms with van der Waals surface area (Å²) in [4.78, 5) is 13.4. The zero-order valence-corrected chi connectivity index (χ0v) is 15.1. The van der Waals surface area contributed by atoms with Crippen molar-refractivity contribution in [3.63, 3.8) is 0 Å². The quantitative estimate of drug-likeness (QED) is 0.774. The lowest BCUT2D eigenvalue weighted by atomic mass is 10.0. The highest BCUT2D eigenvalue weighted by molar-refractivity contribution is 9.10. The van der Waals surface area contributed by atoms with Gasteiger partial charge in [-0.2, -0.15) is 0 Å². The number of nitrogens with one attached hydrogen (secondary N) is 1. The first kappa shape index (κ1) is 18.2. The van der Waals surface area contributed by atoms with Gasteiger partial charge in [-0.1, -0.05) is 15.9 Å². The van der Waals surface area contributed by atoms with E-state index in [0.717, 1.165) is 0 Å². The number of piperidine rings is 1. The van der Waals surface area contributed by atoms with E-state index in [1.807, 2.05) is 4.90 Å². The van der Waals surface area contributed by atoms with Crippen LogP contribution in [-0.2, 0) is 10.0 Å². The topological polar surface area (TPSA) is 92.5 Å². The Morgan fingerprint density at radius 2 is 2.04 bits per heavy atom. The number of halogens is 2. The predicted octanol–water partition coefficient (Wildman–Crippen LogP) is 1.60. The third-order valence-electron chi connectivity index (χ3n) is 3.84. The van der Waals surface area contributed by atoms with Crippen molar-refractivity contribution in [1.29, 1.82) is 0 Å². The Hall–Kier alpha value is -1.19. The molecule has 1 aromatic rings. The maximum atomic E-state index is 14.0. The average molecular weight is 408 g/mol. The number of hydrogen-bond donors (Lipinski definition) is 2. The Kier molecular flexibility index (Phi) is 5.64. The molecule has 23 heavy (non-hydrogen) atoms. The molecule has 1 aliphatic heterocycles. The molecule has 1 heterocycles. The van der Waals surface area contributed by atoms with Gasteiger partial charge in [-0.3, -0.25) is 4.79 Å². The summed E-state index contributed by atoms with van der Waals surface area (Å²) in [7, 11) is -3.25. The molecule has 6 nitrogen and oxygen atoms in total. The summed E-state index contributed by atoms with van der Waals surface area (Å²) in [6, 6.07) is 2.70.